The number of ether oxygens (including phenoxy) is 1. The second kappa shape index (κ2) is 5.16. The lowest BCUT2D eigenvalue weighted by atomic mass is 10.1. The molecule has 0 fully saturated rings. The van der Waals surface area contributed by atoms with Crippen LogP contribution in [0.25, 0.3) is 0 Å². The van der Waals surface area contributed by atoms with Crippen LogP contribution in [0.5, 0.6) is 0 Å². The number of hydrogen-bond acceptors (Lipinski definition) is 3. The molecule has 16 heavy (non-hydrogen) atoms. The lowest BCUT2D eigenvalue weighted by Gasteiger charge is -2.07. The van der Waals surface area contributed by atoms with E-state index in [1.54, 1.807) is 0 Å². The van der Waals surface area contributed by atoms with E-state index in [4.69, 9.17) is 11.6 Å². The fourth-order valence-electron chi connectivity index (χ4n) is 1.06. The van der Waals surface area contributed by atoms with Gasteiger partial charge in [-0.05, 0) is 6.07 Å². The number of rotatable bonds is 3. The van der Waals surface area contributed by atoms with Gasteiger partial charge in [0.25, 0.3) is 6.43 Å². The Balaban J connectivity index is 3.14. The highest BCUT2D eigenvalue weighted by molar-refractivity contribution is 6.30. The van der Waals surface area contributed by atoms with Crippen molar-refractivity contribution in [2.45, 2.75) is 12.8 Å². The average Bonchev–Trinajstić information content (AvgIpc) is 2.22. The van der Waals surface area contributed by atoms with E-state index in [0.717, 1.165) is 13.2 Å². The van der Waals surface area contributed by atoms with E-state index in [9.17, 15) is 18.0 Å². The van der Waals surface area contributed by atoms with Crippen LogP contribution in [0.15, 0.2) is 6.07 Å². The highest BCUT2D eigenvalue weighted by Crippen LogP contribution is 2.26. The predicted molar refractivity (Wildman–Crippen MR) is 49.9 cm³/mol. The molecule has 0 saturated carbocycles. The standard InChI is InChI=1S/C9H7ClF3NO2/c1-16-7(15)3-6-4(8(11)12)2-5(10)9(13)14-6/h2,8H,3H2,1H3. The van der Waals surface area contributed by atoms with E-state index in [2.05, 4.69) is 9.72 Å². The number of carbonyl (C=O) groups is 1. The van der Waals surface area contributed by atoms with Crippen LogP contribution in [0.4, 0.5) is 13.2 Å². The van der Waals surface area contributed by atoms with Gasteiger partial charge in [-0.3, -0.25) is 4.79 Å². The fourth-order valence-corrected chi connectivity index (χ4v) is 1.22. The molecule has 0 amide bonds. The van der Waals surface area contributed by atoms with Gasteiger partial charge in [-0.15, -0.1) is 0 Å². The summed E-state index contributed by atoms with van der Waals surface area (Å²) in [5.41, 5.74) is -0.944. The van der Waals surface area contributed by atoms with Crippen molar-refractivity contribution >= 4 is 17.6 Å². The molecule has 0 spiro atoms. The van der Waals surface area contributed by atoms with Crippen LogP contribution < -0.4 is 0 Å². The molecule has 0 aliphatic heterocycles. The van der Waals surface area contributed by atoms with Crippen molar-refractivity contribution in [3.63, 3.8) is 0 Å². The second-order valence-corrected chi connectivity index (χ2v) is 3.26. The Morgan fingerprint density at radius 1 is 1.62 bits per heavy atom. The number of alkyl halides is 2. The molecule has 1 heterocycles. The minimum Gasteiger partial charge on any atom is -0.469 e. The highest BCUT2D eigenvalue weighted by atomic mass is 35.5. The molecule has 0 bridgehead atoms. The molecule has 88 valence electrons. The first kappa shape index (κ1) is 12.8. The van der Waals surface area contributed by atoms with E-state index < -0.39 is 35.3 Å². The summed E-state index contributed by atoms with van der Waals surface area (Å²) in [7, 11) is 1.09. The van der Waals surface area contributed by atoms with Gasteiger partial charge in [0, 0.05) is 5.56 Å². The summed E-state index contributed by atoms with van der Waals surface area (Å²) in [5.74, 6) is -1.87. The first-order valence-corrected chi connectivity index (χ1v) is 4.53. The van der Waals surface area contributed by atoms with E-state index in [1.807, 2.05) is 0 Å². The van der Waals surface area contributed by atoms with Gasteiger partial charge in [0.2, 0.25) is 5.95 Å². The van der Waals surface area contributed by atoms with Gasteiger partial charge in [-0.2, -0.15) is 4.39 Å². The summed E-state index contributed by atoms with van der Waals surface area (Å²) in [6.07, 6.45) is -3.41. The SMILES string of the molecule is COC(=O)Cc1nc(F)c(Cl)cc1C(F)F. The van der Waals surface area contributed by atoms with Crippen LogP contribution in [0.3, 0.4) is 0 Å². The topological polar surface area (TPSA) is 39.2 Å². The van der Waals surface area contributed by atoms with Gasteiger partial charge in [-0.25, -0.2) is 13.8 Å². The number of hydrogen-bond donors (Lipinski definition) is 0. The highest BCUT2D eigenvalue weighted by Gasteiger charge is 2.20. The van der Waals surface area contributed by atoms with E-state index >= 15 is 0 Å². The molecule has 0 aliphatic carbocycles. The van der Waals surface area contributed by atoms with Crippen molar-refractivity contribution in [3.8, 4) is 0 Å². The summed E-state index contributed by atoms with van der Waals surface area (Å²) >= 11 is 5.31. The first-order valence-electron chi connectivity index (χ1n) is 4.15. The Morgan fingerprint density at radius 2 is 2.25 bits per heavy atom. The van der Waals surface area contributed by atoms with E-state index in [-0.39, 0.29) is 5.69 Å². The first-order chi connectivity index (χ1) is 7.45. The largest absolute Gasteiger partial charge is 0.469 e. The van der Waals surface area contributed by atoms with Gasteiger partial charge >= 0.3 is 5.97 Å². The normalized spacial score (nSPS) is 10.6. The summed E-state index contributed by atoms with van der Waals surface area (Å²) in [5, 5.41) is -0.510. The molecule has 1 aromatic rings. The molecular formula is C9H7ClF3NO2. The minimum absolute atomic E-state index is 0.372. The molecule has 0 aliphatic rings. The van der Waals surface area contributed by atoms with Crippen molar-refractivity contribution in [1.29, 1.82) is 0 Å². The van der Waals surface area contributed by atoms with Crippen molar-refractivity contribution in [3.05, 3.63) is 28.3 Å². The summed E-state index contributed by atoms with van der Waals surface area (Å²) in [6.45, 7) is 0. The fraction of sp³-hybridized carbons (Fsp3) is 0.333. The number of methoxy groups -OCH3 is 1. The number of pyridine rings is 1. The smallest absolute Gasteiger partial charge is 0.311 e. The van der Waals surface area contributed by atoms with Crippen LogP contribution in [0.1, 0.15) is 17.7 Å². The summed E-state index contributed by atoms with van der Waals surface area (Å²) < 4.78 is 42.3. The zero-order valence-electron chi connectivity index (χ0n) is 8.14. The molecular weight excluding hydrogens is 247 g/mol. The Morgan fingerprint density at radius 3 is 2.75 bits per heavy atom. The van der Waals surface area contributed by atoms with Crippen molar-refractivity contribution in [2.24, 2.45) is 0 Å². The lowest BCUT2D eigenvalue weighted by molar-refractivity contribution is -0.139. The maximum atomic E-state index is 12.9. The van der Waals surface area contributed by atoms with Gasteiger partial charge in [0.05, 0.1) is 24.2 Å². The lowest BCUT2D eigenvalue weighted by Crippen LogP contribution is -2.10. The number of halogens is 4. The average molecular weight is 254 g/mol. The number of esters is 1. The van der Waals surface area contributed by atoms with Gasteiger partial charge in [0.15, 0.2) is 0 Å². The van der Waals surface area contributed by atoms with E-state index in [0.29, 0.717) is 0 Å². The van der Waals surface area contributed by atoms with Gasteiger partial charge in [0.1, 0.15) is 0 Å². The molecule has 1 rings (SSSR count). The molecule has 7 heteroatoms. The van der Waals surface area contributed by atoms with Crippen LogP contribution in [0.2, 0.25) is 5.02 Å². The Labute approximate surface area is 94.2 Å². The van der Waals surface area contributed by atoms with Crippen molar-refractivity contribution < 1.29 is 22.7 Å². The zero-order chi connectivity index (χ0) is 12.3. The third kappa shape index (κ3) is 2.85. The zero-order valence-corrected chi connectivity index (χ0v) is 8.89. The van der Waals surface area contributed by atoms with Crippen LogP contribution >= 0.6 is 11.6 Å². The van der Waals surface area contributed by atoms with Crippen LogP contribution in [-0.2, 0) is 16.0 Å². The Hall–Kier alpha value is -1.30. The number of carbonyl (C=O) groups excluding carboxylic acids is 1. The third-order valence-electron chi connectivity index (χ3n) is 1.82. The third-order valence-corrected chi connectivity index (χ3v) is 2.09. The van der Waals surface area contributed by atoms with E-state index in [1.165, 1.54) is 0 Å². The van der Waals surface area contributed by atoms with Gasteiger partial charge in [-0.1, -0.05) is 11.6 Å². The van der Waals surface area contributed by atoms with Crippen LogP contribution in [-0.4, -0.2) is 18.1 Å². The quantitative estimate of drug-likeness (QED) is 0.614. The van der Waals surface area contributed by atoms with Crippen molar-refractivity contribution in [2.75, 3.05) is 7.11 Å². The Bertz CT molecular complexity index is 412. The molecule has 3 nitrogen and oxygen atoms in total. The monoisotopic (exact) mass is 253 g/mol. The maximum absolute atomic E-state index is 12.9. The Kier molecular flexibility index (Phi) is 4.12. The molecule has 0 saturated heterocycles. The maximum Gasteiger partial charge on any atom is 0.311 e. The summed E-state index contributed by atoms with van der Waals surface area (Å²) in [4.78, 5) is 14.1. The molecule has 0 aromatic carbocycles. The molecule has 1 aromatic heterocycles. The second-order valence-electron chi connectivity index (χ2n) is 2.85. The molecule has 0 N–H and O–H groups in total. The number of nitrogens with zero attached hydrogens (tertiary/aromatic N) is 1. The van der Waals surface area contributed by atoms with Crippen LogP contribution in [0, 0.1) is 5.95 Å². The minimum atomic E-state index is -2.88. The summed E-state index contributed by atoms with van der Waals surface area (Å²) in [6, 6.07) is 0.757. The molecule has 0 atom stereocenters. The molecule has 0 unspecified atom stereocenters. The predicted octanol–water partition coefficient (Wildman–Crippen LogP) is 2.53. The van der Waals surface area contributed by atoms with Crippen molar-refractivity contribution in [1.82, 2.24) is 4.98 Å². The number of aromatic nitrogens is 1. The van der Waals surface area contributed by atoms with Gasteiger partial charge < -0.3 is 4.74 Å². The molecule has 0 radical (unpaired) electrons.